The summed E-state index contributed by atoms with van der Waals surface area (Å²) >= 11 is 0. The maximum atomic E-state index is 12.4. The number of para-hydroxylation sites is 1. The zero-order valence-electron chi connectivity index (χ0n) is 16.9. The minimum Gasteiger partial charge on any atom is -0.332 e. The molecule has 0 saturated carbocycles. The first-order chi connectivity index (χ1) is 12.7. The van der Waals surface area contributed by atoms with Crippen LogP contribution in [0.4, 0.5) is 5.69 Å². The van der Waals surface area contributed by atoms with Crippen molar-refractivity contribution < 1.29 is 10.1 Å². The number of nitrogens with zero attached hydrogens (tertiary/aromatic N) is 1. The van der Waals surface area contributed by atoms with E-state index in [9.17, 15) is 4.79 Å². The van der Waals surface area contributed by atoms with Crippen molar-refractivity contribution >= 4 is 11.6 Å². The number of quaternary nitrogens is 1. The van der Waals surface area contributed by atoms with Gasteiger partial charge in [0, 0.05) is 11.5 Å². The molecule has 27 heavy (non-hydrogen) atoms. The molecule has 3 N–H and O–H groups in total. The van der Waals surface area contributed by atoms with Crippen LogP contribution < -0.4 is 10.6 Å². The molecule has 4 heteroatoms. The number of hydrogen-bond acceptors (Lipinski definition) is 2. The fourth-order valence-electron chi connectivity index (χ4n) is 3.12. The van der Waals surface area contributed by atoms with E-state index in [4.69, 9.17) is 5.26 Å². The molecule has 0 spiro atoms. The van der Waals surface area contributed by atoms with Crippen LogP contribution >= 0.6 is 0 Å². The Morgan fingerprint density at radius 2 is 1.74 bits per heavy atom. The van der Waals surface area contributed by atoms with Gasteiger partial charge < -0.3 is 10.6 Å². The SMILES string of the molecule is CC(C)[C@@H]([NH2+]CC(=O)Nc1ccccc1C#N)c1ccc(C(C)(C)C)cc1. The maximum Gasteiger partial charge on any atom is 0.279 e. The van der Waals surface area contributed by atoms with Gasteiger partial charge in [-0.1, -0.05) is 71.0 Å². The molecule has 0 aliphatic heterocycles. The molecule has 0 heterocycles. The maximum absolute atomic E-state index is 12.4. The molecule has 0 radical (unpaired) electrons. The van der Waals surface area contributed by atoms with Crippen molar-refractivity contribution in [2.24, 2.45) is 5.92 Å². The number of benzene rings is 2. The first-order valence-electron chi connectivity index (χ1n) is 9.45. The molecule has 2 aromatic rings. The molecule has 2 rings (SSSR count). The normalized spacial score (nSPS) is 12.5. The topological polar surface area (TPSA) is 69.5 Å². The van der Waals surface area contributed by atoms with Gasteiger partial charge in [-0.2, -0.15) is 5.26 Å². The van der Waals surface area contributed by atoms with Crippen LogP contribution in [0.3, 0.4) is 0 Å². The number of rotatable bonds is 6. The number of hydrogen-bond donors (Lipinski definition) is 2. The molecule has 2 aromatic carbocycles. The van der Waals surface area contributed by atoms with Crippen molar-refractivity contribution in [2.45, 2.75) is 46.1 Å². The van der Waals surface area contributed by atoms with Gasteiger partial charge in [0.1, 0.15) is 12.1 Å². The second-order valence-corrected chi connectivity index (χ2v) is 8.29. The second-order valence-electron chi connectivity index (χ2n) is 8.29. The quantitative estimate of drug-likeness (QED) is 0.819. The molecule has 0 aromatic heterocycles. The van der Waals surface area contributed by atoms with Crippen LogP contribution in [0.25, 0.3) is 0 Å². The number of nitrogens with two attached hydrogens (primary N) is 1. The average Bonchev–Trinajstić information content (AvgIpc) is 2.61. The summed E-state index contributed by atoms with van der Waals surface area (Å²) < 4.78 is 0. The lowest BCUT2D eigenvalue weighted by molar-refractivity contribution is -0.692. The summed E-state index contributed by atoms with van der Waals surface area (Å²) in [5, 5.41) is 14.1. The van der Waals surface area contributed by atoms with E-state index in [1.54, 1.807) is 18.2 Å². The lowest BCUT2D eigenvalue weighted by Crippen LogP contribution is -2.88. The molecule has 1 amide bonds. The first-order valence-corrected chi connectivity index (χ1v) is 9.45. The van der Waals surface area contributed by atoms with Gasteiger partial charge in [0.2, 0.25) is 0 Å². The number of amides is 1. The Bertz CT molecular complexity index is 811. The number of anilines is 1. The number of carbonyl (C=O) groups is 1. The van der Waals surface area contributed by atoms with Crippen molar-refractivity contribution in [2.75, 3.05) is 11.9 Å². The molecule has 0 bridgehead atoms. The van der Waals surface area contributed by atoms with Crippen LogP contribution in [0.1, 0.15) is 57.4 Å². The van der Waals surface area contributed by atoms with Gasteiger partial charge >= 0.3 is 0 Å². The van der Waals surface area contributed by atoms with Gasteiger partial charge in [-0.05, 0) is 23.1 Å². The third-order valence-electron chi connectivity index (χ3n) is 4.76. The molecule has 0 aliphatic carbocycles. The Morgan fingerprint density at radius 1 is 1.11 bits per heavy atom. The Balaban J connectivity index is 2.04. The smallest absolute Gasteiger partial charge is 0.279 e. The summed E-state index contributed by atoms with van der Waals surface area (Å²) in [6.45, 7) is 11.3. The van der Waals surface area contributed by atoms with Crippen molar-refractivity contribution in [1.29, 1.82) is 5.26 Å². The molecular weight excluding hydrogens is 334 g/mol. The lowest BCUT2D eigenvalue weighted by Gasteiger charge is -2.22. The third kappa shape index (κ3) is 5.67. The second kappa shape index (κ2) is 8.83. The fourth-order valence-corrected chi connectivity index (χ4v) is 3.12. The molecule has 1 atom stereocenters. The highest BCUT2D eigenvalue weighted by Crippen LogP contribution is 2.25. The predicted molar refractivity (Wildman–Crippen MR) is 109 cm³/mol. The Hall–Kier alpha value is -2.64. The predicted octanol–water partition coefficient (Wildman–Crippen LogP) is 3.75. The summed E-state index contributed by atoms with van der Waals surface area (Å²) in [4.78, 5) is 12.4. The molecular formula is C23H30N3O+. The molecule has 142 valence electrons. The molecule has 0 aliphatic rings. The van der Waals surface area contributed by atoms with Gasteiger partial charge in [0.25, 0.3) is 5.91 Å². The first kappa shape index (κ1) is 20.7. The largest absolute Gasteiger partial charge is 0.332 e. The van der Waals surface area contributed by atoms with Gasteiger partial charge in [0.15, 0.2) is 6.54 Å². The van der Waals surface area contributed by atoms with Crippen LogP contribution in [0.15, 0.2) is 48.5 Å². The average molecular weight is 365 g/mol. The molecule has 0 saturated heterocycles. The van der Waals surface area contributed by atoms with E-state index in [1.165, 1.54) is 11.1 Å². The van der Waals surface area contributed by atoms with Gasteiger partial charge in [-0.3, -0.25) is 4.79 Å². The van der Waals surface area contributed by atoms with Crippen LogP contribution in [0, 0.1) is 17.2 Å². The van der Waals surface area contributed by atoms with E-state index in [0.717, 1.165) is 0 Å². The number of carbonyl (C=O) groups excluding carboxylic acids is 1. The monoisotopic (exact) mass is 364 g/mol. The molecule has 0 fully saturated rings. The van der Waals surface area contributed by atoms with E-state index in [1.807, 2.05) is 6.07 Å². The van der Waals surface area contributed by atoms with Crippen LogP contribution in [-0.2, 0) is 10.2 Å². The highest BCUT2D eigenvalue weighted by Gasteiger charge is 2.22. The van der Waals surface area contributed by atoms with Gasteiger partial charge in [0.05, 0.1) is 11.3 Å². The van der Waals surface area contributed by atoms with Crippen LogP contribution in [0.5, 0.6) is 0 Å². The standard InChI is InChI=1S/C23H29N3O/c1-16(2)22(17-10-12-19(13-11-17)23(3,4)5)25-15-21(27)26-20-9-7-6-8-18(20)14-24/h6-13,16,22,25H,15H2,1-5H3,(H,26,27)/p+1/t22-/m1/s1. The van der Waals surface area contributed by atoms with E-state index in [0.29, 0.717) is 23.7 Å². The minimum atomic E-state index is -0.102. The lowest BCUT2D eigenvalue weighted by atomic mass is 9.85. The summed E-state index contributed by atoms with van der Waals surface area (Å²) in [6.07, 6.45) is 0. The summed E-state index contributed by atoms with van der Waals surface area (Å²) in [5.41, 5.74) is 3.70. The highest BCUT2D eigenvalue weighted by molar-refractivity contribution is 5.92. The summed E-state index contributed by atoms with van der Waals surface area (Å²) in [6, 6.07) is 18.1. The Morgan fingerprint density at radius 3 is 2.30 bits per heavy atom. The van der Waals surface area contributed by atoms with Crippen molar-refractivity contribution in [3.8, 4) is 6.07 Å². The van der Waals surface area contributed by atoms with Crippen molar-refractivity contribution in [1.82, 2.24) is 0 Å². The zero-order chi connectivity index (χ0) is 20.0. The number of nitriles is 1. The van der Waals surface area contributed by atoms with Crippen LogP contribution in [-0.4, -0.2) is 12.5 Å². The van der Waals surface area contributed by atoms with E-state index in [2.05, 4.69) is 75.6 Å². The van der Waals surface area contributed by atoms with E-state index >= 15 is 0 Å². The Kier molecular flexibility index (Phi) is 6.76. The Labute approximate surface area is 162 Å². The highest BCUT2D eigenvalue weighted by atomic mass is 16.1. The fraction of sp³-hybridized carbons (Fsp3) is 0.391. The summed E-state index contributed by atoms with van der Waals surface area (Å²) in [5.74, 6) is 0.291. The third-order valence-corrected chi connectivity index (χ3v) is 4.76. The van der Waals surface area contributed by atoms with E-state index < -0.39 is 0 Å². The molecule has 4 nitrogen and oxygen atoms in total. The minimum absolute atomic E-state index is 0.102. The summed E-state index contributed by atoms with van der Waals surface area (Å²) in [7, 11) is 0. The van der Waals surface area contributed by atoms with E-state index in [-0.39, 0.29) is 17.4 Å². The van der Waals surface area contributed by atoms with Crippen LogP contribution in [0.2, 0.25) is 0 Å². The van der Waals surface area contributed by atoms with Gasteiger partial charge in [-0.15, -0.1) is 0 Å². The van der Waals surface area contributed by atoms with Crippen molar-refractivity contribution in [3.05, 3.63) is 65.2 Å². The van der Waals surface area contributed by atoms with Gasteiger partial charge in [-0.25, -0.2) is 0 Å². The number of nitrogens with one attached hydrogen (secondary N) is 1. The zero-order valence-corrected chi connectivity index (χ0v) is 16.9. The van der Waals surface area contributed by atoms with Crippen molar-refractivity contribution in [3.63, 3.8) is 0 Å². The molecule has 0 unspecified atom stereocenters.